The van der Waals surface area contributed by atoms with Gasteiger partial charge in [0.25, 0.3) is 11.8 Å². The number of anilines is 1. The Kier molecular flexibility index (Phi) is 13.4. The predicted molar refractivity (Wildman–Crippen MR) is 207 cm³/mol. The van der Waals surface area contributed by atoms with Crippen molar-refractivity contribution in [2.24, 2.45) is 10.8 Å². The first-order valence-corrected chi connectivity index (χ1v) is 18.2. The lowest BCUT2D eigenvalue weighted by atomic mass is 9.84. The number of likely N-dealkylation sites (N-methyl/N-ethyl adjacent to an activating group) is 2. The zero-order chi connectivity index (χ0) is 38.9. The highest BCUT2D eigenvalue weighted by Gasteiger charge is 2.29. The Labute approximate surface area is 313 Å². The van der Waals surface area contributed by atoms with Crippen LogP contribution in [0.3, 0.4) is 0 Å². The average Bonchev–Trinajstić information content (AvgIpc) is 3.09. The lowest BCUT2D eigenvalue weighted by molar-refractivity contribution is -0.135. The summed E-state index contributed by atoms with van der Waals surface area (Å²) in [6, 6.07) is 18.8. The summed E-state index contributed by atoms with van der Waals surface area (Å²) in [5, 5.41) is 8.83. The maximum Gasteiger partial charge on any atom is 0.252 e. The fourth-order valence-corrected chi connectivity index (χ4v) is 6.05. The van der Waals surface area contributed by atoms with Crippen molar-refractivity contribution in [2.45, 2.75) is 79.8 Å². The molecule has 3 aromatic rings. The van der Waals surface area contributed by atoms with Gasteiger partial charge < -0.3 is 30.5 Å². The van der Waals surface area contributed by atoms with E-state index in [4.69, 9.17) is 4.74 Å². The molecule has 7 rings (SSSR count). The van der Waals surface area contributed by atoms with Crippen molar-refractivity contribution in [3.63, 3.8) is 0 Å². The third kappa shape index (κ3) is 12.5. The highest BCUT2D eigenvalue weighted by Crippen LogP contribution is 2.27. The molecule has 0 aliphatic carbocycles. The summed E-state index contributed by atoms with van der Waals surface area (Å²) >= 11 is 0. The molecule has 0 radical (unpaired) electrons. The lowest BCUT2D eigenvalue weighted by Gasteiger charge is -2.28. The minimum absolute atomic E-state index is 0.0426. The van der Waals surface area contributed by atoms with E-state index in [1.807, 2.05) is 77.9 Å². The predicted octanol–water partition coefficient (Wildman–Crippen LogP) is 5.76. The third-order valence-electron chi connectivity index (χ3n) is 9.32. The quantitative estimate of drug-likeness (QED) is 0.292. The van der Waals surface area contributed by atoms with E-state index >= 15 is 0 Å². The smallest absolute Gasteiger partial charge is 0.252 e. The molecule has 11 heteroatoms. The van der Waals surface area contributed by atoms with Crippen LogP contribution in [0.15, 0.2) is 66.7 Å². The van der Waals surface area contributed by atoms with Crippen molar-refractivity contribution in [3.8, 4) is 5.75 Å². The highest BCUT2D eigenvalue weighted by atomic mass is 16.5. The number of hydrogen-bond acceptors (Lipinski definition) is 6. The molecule has 53 heavy (non-hydrogen) atoms. The van der Waals surface area contributed by atoms with E-state index in [0.717, 1.165) is 16.7 Å². The molecule has 0 aromatic heterocycles. The number of nitrogens with zero attached hydrogens (tertiary/aromatic N) is 2. The van der Waals surface area contributed by atoms with Gasteiger partial charge in [-0.2, -0.15) is 0 Å². The average molecular weight is 726 g/mol. The number of carbonyl (C=O) groups excluding carboxylic acids is 5. The molecule has 3 N–H and O–H groups in total. The molecule has 3 aromatic carbocycles. The second kappa shape index (κ2) is 17.6. The molecular formula is C42H55N5O6. The first-order valence-electron chi connectivity index (χ1n) is 18.2. The molecule has 0 fully saturated rings. The summed E-state index contributed by atoms with van der Waals surface area (Å²) in [5.41, 5.74) is 3.13. The van der Waals surface area contributed by atoms with Gasteiger partial charge in [-0.05, 0) is 89.8 Å². The van der Waals surface area contributed by atoms with Crippen LogP contribution < -0.4 is 20.7 Å². The Morgan fingerprint density at radius 3 is 2.02 bits per heavy atom. The van der Waals surface area contributed by atoms with Gasteiger partial charge in [0, 0.05) is 56.8 Å². The summed E-state index contributed by atoms with van der Waals surface area (Å²) in [7, 11) is 3.49. The van der Waals surface area contributed by atoms with E-state index in [-0.39, 0.29) is 60.9 Å². The van der Waals surface area contributed by atoms with E-state index in [1.165, 1.54) is 0 Å². The number of nitrogens with one attached hydrogen (secondary N) is 3. The van der Waals surface area contributed by atoms with Gasteiger partial charge in [0.2, 0.25) is 17.7 Å². The minimum Gasteiger partial charge on any atom is -0.492 e. The number of hydrogen-bond donors (Lipinski definition) is 3. The minimum atomic E-state index is -0.805. The van der Waals surface area contributed by atoms with Gasteiger partial charge in [-0.15, -0.1) is 0 Å². The van der Waals surface area contributed by atoms with Crippen molar-refractivity contribution in [1.29, 1.82) is 0 Å². The molecule has 4 heterocycles. The van der Waals surface area contributed by atoms with Crippen LogP contribution >= 0.6 is 0 Å². The highest BCUT2D eigenvalue weighted by molar-refractivity contribution is 6.02. The van der Waals surface area contributed by atoms with Gasteiger partial charge in [-0.3, -0.25) is 24.0 Å². The molecular weight excluding hydrogens is 670 g/mol. The van der Waals surface area contributed by atoms with Crippen molar-refractivity contribution >= 4 is 35.2 Å². The van der Waals surface area contributed by atoms with E-state index in [0.29, 0.717) is 48.5 Å². The maximum atomic E-state index is 13.7. The fraction of sp³-hybridized carbons (Fsp3) is 0.452. The van der Waals surface area contributed by atoms with E-state index in [2.05, 4.69) is 16.0 Å². The van der Waals surface area contributed by atoms with Crippen LogP contribution in [0, 0.1) is 17.8 Å². The third-order valence-corrected chi connectivity index (χ3v) is 9.32. The second-order valence-electron chi connectivity index (χ2n) is 16.1. The summed E-state index contributed by atoms with van der Waals surface area (Å²) in [6.45, 7) is 13.0. The standard InChI is InChI=1S/C42H55N5O6/c1-28-9-10-30-23-34(28)39(51)45-35(24-41(2,3)4)40(52)44-32-15-11-29(12-16-32)19-20-46(7)36(48)25-42(5,6)26-37(49)47(8)21-22-53-33-17-13-31(14-18-33)38(50)43-27-30/h9-18,23,35H,19-22,24-27H2,1-8H3,(H,43,50)(H,44,52)(H,45,51)/t35-/m0/s1. The van der Waals surface area contributed by atoms with Crippen LogP contribution in [0.2, 0.25) is 0 Å². The Morgan fingerprint density at radius 1 is 0.792 bits per heavy atom. The first kappa shape index (κ1) is 40.6. The molecule has 0 unspecified atom stereocenters. The molecule has 11 nitrogen and oxygen atoms in total. The Hall–Kier alpha value is -5.19. The van der Waals surface area contributed by atoms with Crippen molar-refractivity contribution in [3.05, 3.63) is 94.5 Å². The van der Waals surface area contributed by atoms with Crippen LogP contribution in [0.25, 0.3) is 0 Å². The van der Waals surface area contributed by atoms with Crippen molar-refractivity contribution in [2.75, 3.05) is 39.1 Å². The van der Waals surface area contributed by atoms with Gasteiger partial charge in [0.05, 0.1) is 6.54 Å². The first-order chi connectivity index (χ1) is 24.9. The monoisotopic (exact) mass is 725 g/mol. The molecule has 4 aliphatic heterocycles. The van der Waals surface area contributed by atoms with E-state index in [9.17, 15) is 24.0 Å². The summed E-state index contributed by atoms with van der Waals surface area (Å²) < 4.78 is 5.85. The number of amides is 5. The van der Waals surface area contributed by atoms with Gasteiger partial charge in [0.1, 0.15) is 18.4 Å². The Morgan fingerprint density at radius 2 is 1.40 bits per heavy atom. The molecule has 6 bridgehead atoms. The van der Waals surface area contributed by atoms with E-state index < -0.39 is 11.5 Å². The number of ether oxygens (including phenoxy) is 1. The maximum absolute atomic E-state index is 13.7. The van der Waals surface area contributed by atoms with Crippen LogP contribution in [-0.4, -0.2) is 79.2 Å². The van der Waals surface area contributed by atoms with Gasteiger partial charge >= 0.3 is 0 Å². The van der Waals surface area contributed by atoms with Gasteiger partial charge in [0.15, 0.2) is 0 Å². The SMILES string of the molecule is Cc1ccc2cc1C(=O)N[C@@H](CC(C)(C)C)C(=O)Nc1ccc(cc1)CCN(C)C(=O)CC(C)(C)CC(=O)N(C)CCOc1ccc(cc1)C(=O)NC2. The lowest BCUT2D eigenvalue weighted by Crippen LogP contribution is -2.46. The van der Waals surface area contributed by atoms with Crippen LogP contribution in [0.5, 0.6) is 5.75 Å². The van der Waals surface area contributed by atoms with Crippen LogP contribution in [0.4, 0.5) is 5.69 Å². The number of carbonyl (C=O) groups is 5. The van der Waals surface area contributed by atoms with Crippen molar-refractivity contribution in [1.82, 2.24) is 20.4 Å². The molecule has 0 spiro atoms. The summed E-state index contributed by atoms with van der Waals surface area (Å²) in [5.74, 6) is -0.542. The summed E-state index contributed by atoms with van der Waals surface area (Å²) in [6.07, 6.45) is 1.46. The number of aryl methyl sites for hydroxylation is 1. The fourth-order valence-electron chi connectivity index (χ4n) is 6.05. The molecule has 0 saturated carbocycles. The number of rotatable bonds is 1. The normalized spacial score (nSPS) is 18.8. The zero-order valence-electron chi connectivity index (χ0n) is 32.4. The Balaban J connectivity index is 1.56. The second-order valence-corrected chi connectivity index (χ2v) is 16.1. The molecule has 284 valence electrons. The molecule has 1 atom stereocenters. The van der Waals surface area contributed by atoms with Crippen LogP contribution in [-0.2, 0) is 27.3 Å². The molecule has 5 amide bonds. The van der Waals surface area contributed by atoms with Gasteiger partial charge in [-0.1, -0.05) is 58.9 Å². The van der Waals surface area contributed by atoms with Crippen LogP contribution in [0.1, 0.15) is 91.3 Å². The van der Waals surface area contributed by atoms with E-state index in [1.54, 1.807) is 54.2 Å². The van der Waals surface area contributed by atoms with Gasteiger partial charge in [-0.25, -0.2) is 0 Å². The zero-order valence-corrected chi connectivity index (χ0v) is 32.4. The molecule has 4 aliphatic rings. The number of benzene rings is 3. The van der Waals surface area contributed by atoms with Crippen molar-refractivity contribution < 1.29 is 28.7 Å². The Bertz CT molecular complexity index is 1780. The topological polar surface area (TPSA) is 137 Å². The summed E-state index contributed by atoms with van der Waals surface area (Å²) in [4.78, 5) is 69.7. The molecule has 0 saturated heterocycles. The largest absolute Gasteiger partial charge is 0.492 e.